The van der Waals surface area contributed by atoms with E-state index in [4.69, 9.17) is 20.1 Å². The van der Waals surface area contributed by atoms with Gasteiger partial charge in [-0.2, -0.15) is 0 Å². The first-order valence-corrected chi connectivity index (χ1v) is 5.72. The van der Waals surface area contributed by atoms with Gasteiger partial charge in [-0.25, -0.2) is 0 Å². The Morgan fingerprint density at radius 2 is 2.20 bits per heavy atom. The summed E-state index contributed by atoms with van der Waals surface area (Å²) in [5.74, 6) is 0.0236. The third kappa shape index (κ3) is 3.29. The van der Waals surface area contributed by atoms with E-state index in [1.807, 2.05) is 0 Å². The molecule has 1 aromatic heterocycles. The van der Waals surface area contributed by atoms with E-state index in [1.54, 1.807) is 30.3 Å². The molecule has 1 aromatic carbocycles. The molecule has 2 aromatic rings. The lowest BCUT2D eigenvalue weighted by Gasteiger charge is -2.11. The van der Waals surface area contributed by atoms with E-state index in [1.165, 1.54) is 12.5 Å². The van der Waals surface area contributed by atoms with Crippen molar-refractivity contribution in [2.45, 2.75) is 0 Å². The molecular weight excluding hydrogens is 262 g/mol. The van der Waals surface area contributed by atoms with Crippen LogP contribution < -0.4 is 15.8 Å². The Morgan fingerprint density at radius 3 is 2.90 bits per heavy atom. The van der Waals surface area contributed by atoms with Gasteiger partial charge >= 0.3 is 0 Å². The van der Waals surface area contributed by atoms with Crippen molar-refractivity contribution < 1.29 is 19.2 Å². The number of amidine groups is 1. The molecule has 0 spiro atoms. The number of hydrogen-bond acceptors (Lipinski definition) is 5. The highest BCUT2D eigenvalue weighted by Crippen LogP contribution is 2.24. The first kappa shape index (κ1) is 13.5. The number of nitrogens with one attached hydrogen (secondary N) is 1. The predicted molar refractivity (Wildman–Crippen MR) is 72.0 cm³/mol. The van der Waals surface area contributed by atoms with Crippen molar-refractivity contribution >= 4 is 17.4 Å². The molecule has 0 unspecified atom stereocenters. The van der Waals surface area contributed by atoms with Crippen LogP contribution in [0.1, 0.15) is 10.4 Å². The van der Waals surface area contributed by atoms with Crippen LogP contribution in [0.2, 0.25) is 0 Å². The molecule has 0 bridgehead atoms. The molecule has 1 amide bonds. The van der Waals surface area contributed by atoms with Gasteiger partial charge in [-0.3, -0.25) is 4.79 Å². The summed E-state index contributed by atoms with van der Waals surface area (Å²) in [5, 5.41) is 13.9. The van der Waals surface area contributed by atoms with E-state index in [0.29, 0.717) is 17.0 Å². The topological polar surface area (TPSA) is 110 Å². The number of para-hydroxylation sites is 2. The second-order valence-corrected chi connectivity index (χ2v) is 3.84. The maximum atomic E-state index is 11.9. The van der Waals surface area contributed by atoms with Crippen molar-refractivity contribution in [3.63, 3.8) is 0 Å². The van der Waals surface area contributed by atoms with Gasteiger partial charge in [0.2, 0.25) is 0 Å². The number of rotatable bonds is 5. The van der Waals surface area contributed by atoms with Crippen LogP contribution in [0.4, 0.5) is 5.69 Å². The van der Waals surface area contributed by atoms with Gasteiger partial charge in [-0.05, 0) is 18.2 Å². The molecule has 104 valence electrons. The molecule has 2 rings (SSSR count). The van der Waals surface area contributed by atoms with Crippen molar-refractivity contribution in [2.75, 3.05) is 11.9 Å². The number of benzene rings is 1. The highest BCUT2D eigenvalue weighted by atomic mass is 16.5. The SMILES string of the molecule is N/C(COc1ccccc1NC(=O)c1ccoc1)=N\O. The van der Waals surface area contributed by atoms with E-state index in [0.717, 1.165) is 0 Å². The smallest absolute Gasteiger partial charge is 0.259 e. The molecule has 0 aliphatic carbocycles. The zero-order chi connectivity index (χ0) is 14.4. The maximum absolute atomic E-state index is 11.9. The summed E-state index contributed by atoms with van der Waals surface area (Å²) in [6, 6.07) is 8.39. The van der Waals surface area contributed by atoms with Crippen molar-refractivity contribution in [1.29, 1.82) is 0 Å². The van der Waals surface area contributed by atoms with Crippen molar-refractivity contribution in [3.8, 4) is 5.75 Å². The van der Waals surface area contributed by atoms with Crippen LogP contribution in [0.5, 0.6) is 5.75 Å². The average Bonchev–Trinajstić information content (AvgIpc) is 3.00. The predicted octanol–water partition coefficient (Wildman–Crippen LogP) is 1.66. The molecule has 0 aliphatic heterocycles. The zero-order valence-electron chi connectivity index (χ0n) is 10.4. The van der Waals surface area contributed by atoms with Crippen LogP contribution in [0, 0.1) is 0 Å². The Balaban J connectivity index is 2.09. The summed E-state index contributed by atoms with van der Waals surface area (Å²) in [5.41, 5.74) is 6.20. The van der Waals surface area contributed by atoms with Gasteiger partial charge in [0.05, 0.1) is 17.5 Å². The number of nitrogens with two attached hydrogens (primary N) is 1. The summed E-state index contributed by atoms with van der Waals surface area (Å²) in [6.07, 6.45) is 2.75. The van der Waals surface area contributed by atoms with E-state index >= 15 is 0 Å². The van der Waals surface area contributed by atoms with Crippen LogP contribution in [0.15, 0.2) is 52.4 Å². The van der Waals surface area contributed by atoms with Gasteiger partial charge in [0, 0.05) is 0 Å². The highest BCUT2D eigenvalue weighted by molar-refractivity contribution is 6.04. The highest BCUT2D eigenvalue weighted by Gasteiger charge is 2.10. The van der Waals surface area contributed by atoms with Gasteiger partial charge in [0.25, 0.3) is 5.91 Å². The van der Waals surface area contributed by atoms with Crippen LogP contribution in [0.25, 0.3) is 0 Å². The molecule has 7 heteroatoms. The zero-order valence-corrected chi connectivity index (χ0v) is 10.4. The molecule has 0 fully saturated rings. The number of ether oxygens (including phenoxy) is 1. The van der Waals surface area contributed by atoms with Crippen molar-refractivity contribution in [1.82, 2.24) is 0 Å². The molecule has 1 heterocycles. The minimum Gasteiger partial charge on any atom is -0.483 e. The number of anilines is 1. The fourth-order valence-electron chi connectivity index (χ4n) is 1.46. The molecule has 4 N–H and O–H groups in total. The average molecular weight is 275 g/mol. The van der Waals surface area contributed by atoms with E-state index in [9.17, 15) is 4.79 Å². The molecule has 0 saturated carbocycles. The van der Waals surface area contributed by atoms with Crippen LogP contribution in [-0.2, 0) is 0 Å². The minimum absolute atomic E-state index is 0.0686. The van der Waals surface area contributed by atoms with E-state index in [-0.39, 0.29) is 18.3 Å². The summed E-state index contributed by atoms with van der Waals surface area (Å²) in [7, 11) is 0. The standard InChI is InChI=1S/C13H13N3O4/c14-12(16-18)8-20-11-4-2-1-3-10(11)15-13(17)9-5-6-19-7-9/h1-7,18H,8H2,(H2,14,16)(H,15,17). The summed E-state index contributed by atoms with van der Waals surface area (Å²) in [6.45, 7) is -0.0882. The van der Waals surface area contributed by atoms with Crippen LogP contribution in [-0.4, -0.2) is 23.6 Å². The van der Waals surface area contributed by atoms with E-state index < -0.39 is 0 Å². The fourth-order valence-corrected chi connectivity index (χ4v) is 1.46. The molecule has 0 radical (unpaired) electrons. The number of amides is 1. The molecule has 0 atom stereocenters. The Bertz CT molecular complexity index is 608. The normalized spacial score (nSPS) is 11.1. The van der Waals surface area contributed by atoms with Crippen LogP contribution >= 0.6 is 0 Å². The van der Waals surface area contributed by atoms with Gasteiger partial charge in [-0.15, -0.1) is 0 Å². The molecular formula is C13H13N3O4. The lowest BCUT2D eigenvalue weighted by Crippen LogP contribution is -2.21. The molecule has 0 aliphatic rings. The number of oxime groups is 1. The Kier molecular flexibility index (Phi) is 4.23. The monoisotopic (exact) mass is 275 g/mol. The summed E-state index contributed by atoms with van der Waals surface area (Å²) in [4.78, 5) is 11.9. The number of carbonyl (C=O) groups excluding carboxylic acids is 1. The van der Waals surface area contributed by atoms with Crippen molar-refractivity contribution in [2.24, 2.45) is 10.9 Å². The largest absolute Gasteiger partial charge is 0.483 e. The summed E-state index contributed by atoms with van der Waals surface area (Å²) >= 11 is 0. The quantitative estimate of drug-likeness (QED) is 0.332. The second-order valence-electron chi connectivity index (χ2n) is 3.84. The molecule has 0 saturated heterocycles. The number of nitrogens with zero attached hydrogens (tertiary/aromatic N) is 1. The number of furan rings is 1. The van der Waals surface area contributed by atoms with Crippen molar-refractivity contribution in [3.05, 3.63) is 48.4 Å². The number of hydrogen-bond donors (Lipinski definition) is 3. The Morgan fingerprint density at radius 1 is 1.40 bits per heavy atom. The van der Waals surface area contributed by atoms with Crippen LogP contribution in [0.3, 0.4) is 0 Å². The van der Waals surface area contributed by atoms with Gasteiger partial charge in [0.15, 0.2) is 5.84 Å². The summed E-state index contributed by atoms with van der Waals surface area (Å²) < 4.78 is 10.2. The Labute approximate surface area is 114 Å². The minimum atomic E-state index is -0.321. The van der Waals surface area contributed by atoms with Gasteiger partial charge in [-0.1, -0.05) is 17.3 Å². The second kappa shape index (κ2) is 6.28. The van der Waals surface area contributed by atoms with Gasteiger partial charge in [0.1, 0.15) is 18.6 Å². The lowest BCUT2D eigenvalue weighted by atomic mass is 10.2. The molecule has 20 heavy (non-hydrogen) atoms. The fraction of sp³-hybridized carbons (Fsp3) is 0.0769. The first-order chi connectivity index (χ1) is 9.70. The third-order valence-corrected chi connectivity index (χ3v) is 2.42. The number of carbonyl (C=O) groups is 1. The van der Waals surface area contributed by atoms with Gasteiger partial charge < -0.3 is 25.4 Å². The third-order valence-electron chi connectivity index (χ3n) is 2.42. The molecule has 7 nitrogen and oxygen atoms in total. The van der Waals surface area contributed by atoms with E-state index in [2.05, 4.69) is 10.5 Å². The first-order valence-electron chi connectivity index (χ1n) is 5.72. The lowest BCUT2D eigenvalue weighted by molar-refractivity contribution is 0.102. The maximum Gasteiger partial charge on any atom is 0.259 e. The Hall–Kier alpha value is -2.96.